The quantitative estimate of drug-likeness (QED) is 0.334. The summed E-state index contributed by atoms with van der Waals surface area (Å²) in [6.45, 7) is 2.43. The van der Waals surface area contributed by atoms with Gasteiger partial charge in [0.2, 0.25) is 0 Å². The van der Waals surface area contributed by atoms with Crippen molar-refractivity contribution in [1.82, 2.24) is 4.57 Å². The third kappa shape index (κ3) is 4.57. The van der Waals surface area contributed by atoms with Gasteiger partial charge in [-0.3, -0.25) is 14.9 Å². The monoisotopic (exact) mass is 437 g/mol. The van der Waals surface area contributed by atoms with Gasteiger partial charge in [-0.15, -0.1) is 0 Å². The van der Waals surface area contributed by atoms with Gasteiger partial charge in [0.1, 0.15) is 11.6 Å². The molecule has 2 aromatic carbocycles. The number of aromatic nitrogens is 1. The molecule has 0 saturated carbocycles. The van der Waals surface area contributed by atoms with Crippen LogP contribution in [0.3, 0.4) is 0 Å². The largest absolute Gasteiger partial charge is 0.316 e. The number of sulfone groups is 1. The van der Waals surface area contributed by atoms with E-state index in [2.05, 4.69) is 4.99 Å². The zero-order valence-electron chi connectivity index (χ0n) is 15.2. The molecule has 152 valence electrons. The number of rotatable bonds is 6. The van der Waals surface area contributed by atoms with E-state index in [0.717, 1.165) is 42.0 Å². The Morgan fingerprint density at radius 1 is 1.24 bits per heavy atom. The van der Waals surface area contributed by atoms with Crippen LogP contribution in [0.2, 0.25) is 0 Å². The molecule has 0 atom stereocenters. The summed E-state index contributed by atoms with van der Waals surface area (Å²) in [6, 6.07) is 8.53. The number of hydrogen-bond donors (Lipinski definition) is 0. The predicted molar refractivity (Wildman–Crippen MR) is 106 cm³/mol. The fourth-order valence-electron chi connectivity index (χ4n) is 2.73. The minimum atomic E-state index is -3.97. The average molecular weight is 437 g/mol. The topological polar surface area (TPSA) is 112 Å². The molecule has 3 aromatic rings. The number of carbonyl (C=O) groups excluding carboxylic acids is 1. The highest BCUT2D eigenvalue weighted by Gasteiger charge is 2.20. The summed E-state index contributed by atoms with van der Waals surface area (Å²) in [7, 11) is -3.97. The lowest BCUT2D eigenvalue weighted by Gasteiger charge is -2.03. The Labute approximate surface area is 169 Å². The number of thiazole rings is 1. The first-order valence-corrected chi connectivity index (χ1v) is 11.0. The van der Waals surface area contributed by atoms with E-state index in [1.807, 2.05) is 6.92 Å². The summed E-state index contributed by atoms with van der Waals surface area (Å²) in [5.74, 6) is -2.32. The Bertz CT molecular complexity index is 1260. The van der Waals surface area contributed by atoms with E-state index in [4.69, 9.17) is 0 Å². The summed E-state index contributed by atoms with van der Waals surface area (Å²) in [4.78, 5) is 26.8. The maximum atomic E-state index is 13.0. The van der Waals surface area contributed by atoms with Crippen molar-refractivity contribution in [2.45, 2.75) is 24.8 Å². The molecule has 0 spiro atoms. The van der Waals surface area contributed by atoms with Crippen molar-refractivity contribution in [3.63, 3.8) is 0 Å². The molecular weight excluding hydrogens is 421 g/mol. The number of hydrogen-bond acceptors (Lipinski definition) is 6. The van der Waals surface area contributed by atoms with Crippen LogP contribution in [-0.2, 0) is 21.2 Å². The molecule has 0 saturated heterocycles. The SMILES string of the molecule is CCCn1c(=NC(=O)CS(=O)(=O)c2ccc(F)cc2)sc2cc([N+](=O)[O-])ccc21. The number of carbonyl (C=O) groups is 1. The first kappa shape index (κ1) is 20.8. The molecule has 0 aliphatic heterocycles. The standard InChI is InChI=1S/C18H16FN3O5S2/c1-2-9-21-15-8-5-13(22(24)25)10-16(15)28-18(21)20-17(23)11-29(26,27)14-6-3-12(19)4-7-14/h3-8,10H,2,9,11H2,1H3. The molecule has 1 aromatic heterocycles. The van der Waals surface area contributed by atoms with Gasteiger partial charge >= 0.3 is 0 Å². The second-order valence-electron chi connectivity index (χ2n) is 6.16. The van der Waals surface area contributed by atoms with Crippen molar-refractivity contribution in [3.8, 4) is 0 Å². The Morgan fingerprint density at radius 2 is 1.93 bits per heavy atom. The molecule has 0 aliphatic carbocycles. The van der Waals surface area contributed by atoms with Gasteiger partial charge in [0.05, 0.1) is 20.0 Å². The lowest BCUT2D eigenvalue weighted by molar-refractivity contribution is -0.384. The number of nitro benzene ring substituents is 1. The number of aryl methyl sites for hydroxylation is 1. The van der Waals surface area contributed by atoms with Gasteiger partial charge in [0, 0.05) is 18.7 Å². The molecule has 11 heteroatoms. The van der Waals surface area contributed by atoms with Crippen LogP contribution >= 0.6 is 11.3 Å². The third-order valence-corrected chi connectivity index (χ3v) is 6.69. The van der Waals surface area contributed by atoms with Crippen molar-refractivity contribution >= 4 is 43.0 Å². The van der Waals surface area contributed by atoms with Gasteiger partial charge < -0.3 is 4.57 Å². The fourth-order valence-corrected chi connectivity index (χ4v) is 4.94. The summed E-state index contributed by atoms with van der Waals surface area (Å²) in [5.41, 5.74) is 0.592. The normalized spacial score (nSPS) is 12.4. The highest BCUT2D eigenvalue weighted by atomic mass is 32.2. The van der Waals surface area contributed by atoms with Crippen LogP contribution < -0.4 is 4.80 Å². The van der Waals surface area contributed by atoms with Crippen molar-refractivity contribution < 1.29 is 22.5 Å². The lowest BCUT2D eigenvalue weighted by atomic mass is 10.3. The zero-order valence-corrected chi connectivity index (χ0v) is 16.9. The predicted octanol–water partition coefficient (Wildman–Crippen LogP) is 3.06. The third-order valence-electron chi connectivity index (χ3n) is 4.03. The minimum absolute atomic E-state index is 0.0841. The number of benzene rings is 2. The lowest BCUT2D eigenvalue weighted by Crippen LogP contribution is -2.21. The maximum Gasteiger partial charge on any atom is 0.270 e. The van der Waals surface area contributed by atoms with Crippen LogP contribution in [0.15, 0.2) is 52.4 Å². The highest BCUT2D eigenvalue weighted by Crippen LogP contribution is 2.23. The van der Waals surface area contributed by atoms with Crippen LogP contribution in [0, 0.1) is 15.9 Å². The van der Waals surface area contributed by atoms with Crippen molar-refractivity contribution in [3.05, 3.63) is 63.2 Å². The molecule has 1 heterocycles. The second-order valence-corrected chi connectivity index (χ2v) is 9.16. The molecule has 0 aliphatic rings. The molecule has 0 unspecified atom stereocenters. The number of non-ortho nitro benzene ring substituents is 1. The average Bonchev–Trinajstić information content (AvgIpc) is 2.98. The first-order chi connectivity index (χ1) is 13.7. The summed E-state index contributed by atoms with van der Waals surface area (Å²) in [6.07, 6.45) is 0.720. The van der Waals surface area contributed by atoms with Crippen molar-refractivity contribution in [1.29, 1.82) is 0 Å². The number of nitro groups is 1. The minimum Gasteiger partial charge on any atom is -0.316 e. The Balaban J connectivity index is 1.99. The van der Waals surface area contributed by atoms with E-state index >= 15 is 0 Å². The molecule has 8 nitrogen and oxygen atoms in total. The molecule has 0 fully saturated rings. The Morgan fingerprint density at radius 3 is 2.55 bits per heavy atom. The number of nitrogens with zero attached hydrogens (tertiary/aromatic N) is 3. The molecular formula is C18H16FN3O5S2. The van der Waals surface area contributed by atoms with Crippen LogP contribution in [-0.4, -0.2) is 29.6 Å². The molecule has 1 amide bonds. The maximum absolute atomic E-state index is 13.0. The number of fused-ring (bicyclic) bond motifs is 1. The molecule has 3 rings (SSSR count). The van der Waals surface area contributed by atoms with Crippen LogP contribution in [0.5, 0.6) is 0 Å². The number of amides is 1. The van der Waals surface area contributed by atoms with E-state index in [9.17, 15) is 27.7 Å². The van der Waals surface area contributed by atoms with E-state index in [1.54, 1.807) is 10.6 Å². The summed E-state index contributed by atoms with van der Waals surface area (Å²) < 4.78 is 40.0. The van der Waals surface area contributed by atoms with Gasteiger partial charge in [-0.05, 0) is 36.8 Å². The van der Waals surface area contributed by atoms with Gasteiger partial charge in [0.25, 0.3) is 11.6 Å². The van der Waals surface area contributed by atoms with Crippen LogP contribution in [0.4, 0.5) is 10.1 Å². The zero-order chi connectivity index (χ0) is 21.2. The second kappa shape index (κ2) is 8.21. The van der Waals surface area contributed by atoms with Gasteiger partial charge in [0.15, 0.2) is 14.6 Å². The summed E-state index contributed by atoms with van der Waals surface area (Å²) >= 11 is 1.07. The van der Waals surface area contributed by atoms with Crippen molar-refractivity contribution in [2.24, 2.45) is 4.99 Å². The first-order valence-electron chi connectivity index (χ1n) is 8.55. The Hall–Kier alpha value is -2.92. The molecule has 0 radical (unpaired) electrons. The van der Waals surface area contributed by atoms with E-state index < -0.39 is 32.2 Å². The van der Waals surface area contributed by atoms with E-state index in [0.29, 0.717) is 16.8 Å². The van der Waals surface area contributed by atoms with Crippen LogP contribution in [0.25, 0.3) is 10.2 Å². The van der Waals surface area contributed by atoms with Gasteiger partial charge in [-0.2, -0.15) is 4.99 Å². The van der Waals surface area contributed by atoms with Gasteiger partial charge in [-0.25, -0.2) is 12.8 Å². The molecule has 29 heavy (non-hydrogen) atoms. The van der Waals surface area contributed by atoms with Crippen LogP contribution in [0.1, 0.15) is 13.3 Å². The smallest absolute Gasteiger partial charge is 0.270 e. The highest BCUT2D eigenvalue weighted by molar-refractivity contribution is 7.92. The molecule has 0 bridgehead atoms. The summed E-state index contributed by atoms with van der Waals surface area (Å²) in [5, 5.41) is 11.0. The fraction of sp³-hybridized carbons (Fsp3) is 0.222. The van der Waals surface area contributed by atoms with E-state index in [-0.39, 0.29) is 15.4 Å². The Kier molecular flexibility index (Phi) is 5.89. The molecule has 0 N–H and O–H groups in total. The van der Waals surface area contributed by atoms with Gasteiger partial charge in [-0.1, -0.05) is 18.3 Å². The van der Waals surface area contributed by atoms with E-state index in [1.165, 1.54) is 12.1 Å². The number of halogens is 1. The van der Waals surface area contributed by atoms with Crippen molar-refractivity contribution in [2.75, 3.05) is 5.75 Å².